The zero-order chi connectivity index (χ0) is 42.3. The number of hydrogen-bond acceptors (Lipinski definition) is 2. The third kappa shape index (κ3) is 6.88. The molecule has 8 bridgehead atoms. The Morgan fingerprint density at radius 1 is 0.279 bits per heavy atom. The van der Waals surface area contributed by atoms with Gasteiger partial charge in [0.1, 0.15) is 0 Å². The van der Waals surface area contributed by atoms with Gasteiger partial charge in [0.25, 0.3) is 0 Å². The van der Waals surface area contributed by atoms with Crippen molar-refractivity contribution in [3.05, 3.63) is 162 Å². The summed E-state index contributed by atoms with van der Waals surface area (Å²) in [6.45, 7) is 26.6. The van der Waals surface area contributed by atoms with Crippen LogP contribution in [0.2, 0.25) is 0 Å². The van der Waals surface area contributed by atoms with Crippen LogP contribution in [-0.2, 0) is 19.5 Å². The van der Waals surface area contributed by atoms with Crippen LogP contribution in [0.15, 0.2) is 72.8 Å². The van der Waals surface area contributed by atoms with Crippen LogP contribution in [0, 0.1) is 83.1 Å². The number of fused-ring (bicyclic) bond motifs is 8. The maximum absolute atomic E-state index is 5.61. The van der Waals surface area contributed by atoms with E-state index in [2.05, 4.69) is 190 Å². The number of aromatic amines is 2. The molecule has 0 saturated heterocycles. The molecule has 2 N–H and O–H groups in total. The molecular formula is C56H54N4Zn. The number of nitrogens with one attached hydrogen (secondary N) is 2. The fourth-order valence-electron chi connectivity index (χ4n) is 9.25. The second-order valence-corrected chi connectivity index (χ2v) is 17.2. The summed E-state index contributed by atoms with van der Waals surface area (Å²) in [5.74, 6) is 0. The van der Waals surface area contributed by atoms with Crippen molar-refractivity contribution in [3.63, 3.8) is 0 Å². The van der Waals surface area contributed by atoms with Crippen molar-refractivity contribution in [2.24, 2.45) is 0 Å². The predicted octanol–water partition coefficient (Wildman–Crippen LogP) is 15.0. The minimum atomic E-state index is 0. The Bertz CT molecular complexity index is 2800. The Labute approximate surface area is 373 Å². The molecule has 0 radical (unpaired) electrons. The molecule has 61 heavy (non-hydrogen) atoms. The number of aromatic nitrogens is 4. The van der Waals surface area contributed by atoms with Crippen LogP contribution in [-0.4, -0.2) is 19.9 Å². The molecule has 9 rings (SSSR count). The first-order valence-corrected chi connectivity index (χ1v) is 21.2. The van der Waals surface area contributed by atoms with Crippen molar-refractivity contribution >= 4 is 46.4 Å². The topological polar surface area (TPSA) is 57.4 Å². The Kier molecular flexibility index (Phi) is 10.9. The maximum atomic E-state index is 5.61. The molecule has 2 aliphatic rings. The summed E-state index contributed by atoms with van der Waals surface area (Å²) in [6.07, 6.45) is 8.82. The minimum absolute atomic E-state index is 0. The van der Waals surface area contributed by atoms with E-state index in [9.17, 15) is 0 Å². The Morgan fingerprint density at radius 2 is 0.492 bits per heavy atom. The molecule has 0 spiro atoms. The van der Waals surface area contributed by atoms with Gasteiger partial charge >= 0.3 is 0 Å². The van der Waals surface area contributed by atoms with E-state index in [4.69, 9.17) is 9.97 Å². The molecule has 0 aliphatic carbocycles. The number of rotatable bonds is 4. The second-order valence-electron chi connectivity index (χ2n) is 17.2. The van der Waals surface area contributed by atoms with Gasteiger partial charge in [-0.05, 0) is 221 Å². The summed E-state index contributed by atoms with van der Waals surface area (Å²) in [5.41, 5.74) is 32.1. The molecule has 7 aromatic rings. The van der Waals surface area contributed by atoms with Crippen LogP contribution in [0.5, 0.6) is 0 Å². The van der Waals surface area contributed by atoms with Crippen molar-refractivity contribution in [3.8, 4) is 44.5 Å². The van der Waals surface area contributed by atoms with Crippen molar-refractivity contribution in [2.75, 3.05) is 0 Å². The van der Waals surface area contributed by atoms with Gasteiger partial charge in [0.15, 0.2) is 0 Å². The molecule has 5 heteroatoms. The third-order valence-corrected chi connectivity index (χ3v) is 14.1. The summed E-state index contributed by atoms with van der Waals surface area (Å²) < 4.78 is 0. The molecular weight excluding hydrogens is 794 g/mol. The van der Waals surface area contributed by atoms with Crippen molar-refractivity contribution in [1.29, 1.82) is 0 Å². The second kappa shape index (κ2) is 15.9. The van der Waals surface area contributed by atoms with Crippen molar-refractivity contribution < 1.29 is 19.5 Å². The largest absolute Gasteiger partial charge is 0.354 e. The molecule has 4 nitrogen and oxygen atoms in total. The minimum Gasteiger partial charge on any atom is -0.354 e. The SMILES string of the molecule is Cc1ccc(-c2c3nc(c(-c4ccc(C)c(C)c4C)c4ccc([nH]4)c(-c4ccc(C)c(C)c4C)c4nc(c(-c5ccc(C)c(C)c5C)c5ccc2[nH]5)C=C4)C=C3)c(C)c1C.[Zn]. The van der Waals surface area contributed by atoms with Gasteiger partial charge in [0.2, 0.25) is 0 Å². The number of H-pyrrole nitrogens is 2. The van der Waals surface area contributed by atoms with E-state index < -0.39 is 0 Å². The van der Waals surface area contributed by atoms with Gasteiger partial charge in [0.05, 0.1) is 22.8 Å². The third-order valence-electron chi connectivity index (χ3n) is 14.1. The predicted molar refractivity (Wildman–Crippen MR) is 257 cm³/mol. The van der Waals surface area contributed by atoms with Crippen LogP contribution in [0.1, 0.15) is 89.5 Å². The number of nitrogens with zero attached hydrogens (tertiary/aromatic N) is 2. The average Bonchev–Trinajstić information content (AvgIpc) is 4.08. The van der Waals surface area contributed by atoms with E-state index >= 15 is 0 Å². The van der Waals surface area contributed by atoms with Gasteiger partial charge in [-0.2, -0.15) is 0 Å². The molecule has 300 valence electrons. The normalized spacial score (nSPS) is 12.0. The molecule has 0 unspecified atom stereocenters. The summed E-state index contributed by atoms with van der Waals surface area (Å²) >= 11 is 0. The molecule has 0 fully saturated rings. The number of aryl methyl sites for hydroxylation is 4. The monoisotopic (exact) mass is 846 g/mol. The van der Waals surface area contributed by atoms with E-state index in [1.54, 1.807) is 0 Å². The van der Waals surface area contributed by atoms with Gasteiger partial charge in [-0.1, -0.05) is 48.5 Å². The van der Waals surface area contributed by atoms with Gasteiger partial charge in [-0.3, -0.25) is 0 Å². The van der Waals surface area contributed by atoms with E-state index in [0.29, 0.717) is 0 Å². The molecule has 3 aromatic heterocycles. The zero-order valence-corrected chi connectivity index (χ0v) is 40.8. The smallest absolute Gasteiger partial charge is 0.0737 e. The fourth-order valence-corrected chi connectivity index (χ4v) is 9.25. The quantitative estimate of drug-likeness (QED) is 0.173. The van der Waals surface area contributed by atoms with Crippen LogP contribution < -0.4 is 0 Å². The molecule has 4 aromatic carbocycles. The fraction of sp³-hybridized carbons (Fsp3) is 0.214. The standard InChI is InChI=1S/C56H54N4.Zn/c1-29-13-17-41(37(9)33(29)5)53-45-21-23-47(57-45)54(42-18-14-30(2)34(6)38(42)10)49-25-27-51(59-49)56(44-20-16-32(4)36(8)40(44)12)52-28-26-50(60-52)55(48-24-22-46(53)58-48)43-19-15-31(3)35(7)39(43)11;/h13-28,57,60H,1-12H3;. The Morgan fingerprint density at radius 3 is 0.705 bits per heavy atom. The number of benzene rings is 4. The average molecular weight is 848 g/mol. The van der Waals surface area contributed by atoms with Gasteiger partial charge in [-0.25, -0.2) is 9.97 Å². The van der Waals surface area contributed by atoms with E-state index in [1.807, 2.05) is 0 Å². The van der Waals surface area contributed by atoms with E-state index in [-0.39, 0.29) is 19.5 Å². The Hall–Kier alpha value is -5.90. The first-order valence-electron chi connectivity index (χ1n) is 21.2. The molecule has 0 amide bonds. The maximum Gasteiger partial charge on any atom is 0.0737 e. The molecule has 0 atom stereocenters. The summed E-state index contributed by atoms with van der Waals surface area (Å²) in [6, 6.07) is 27.0. The Balaban J connectivity index is 0.00000514. The van der Waals surface area contributed by atoms with Gasteiger partial charge in [-0.15, -0.1) is 0 Å². The van der Waals surface area contributed by atoms with E-state index in [0.717, 1.165) is 67.1 Å². The van der Waals surface area contributed by atoms with Gasteiger partial charge < -0.3 is 9.97 Å². The van der Waals surface area contributed by atoms with Crippen LogP contribution >= 0.6 is 0 Å². The summed E-state index contributed by atoms with van der Waals surface area (Å²) in [5, 5.41) is 0. The zero-order valence-electron chi connectivity index (χ0n) is 37.8. The summed E-state index contributed by atoms with van der Waals surface area (Å²) in [7, 11) is 0. The van der Waals surface area contributed by atoms with Crippen LogP contribution in [0.4, 0.5) is 0 Å². The number of hydrogen-bond donors (Lipinski definition) is 2. The molecule has 2 aliphatic heterocycles. The van der Waals surface area contributed by atoms with Gasteiger partial charge in [0, 0.05) is 63.8 Å². The first-order chi connectivity index (χ1) is 28.7. The van der Waals surface area contributed by atoms with Crippen LogP contribution in [0.25, 0.3) is 90.9 Å². The summed E-state index contributed by atoms with van der Waals surface area (Å²) in [4.78, 5) is 19.2. The molecule has 5 heterocycles. The van der Waals surface area contributed by atoms with Crippen LogP contribution in [0.3, 0.4) is 0 Å². The van der Waals surface area contributed by atoms with Crippen molar-refractivity contribution in [2.45, 2.75) is 83.1 Å². The first kappa shape index (κ1) is 41.8. The molecule has 0 saturated carbocycles. The van der Waals surface area contributed by atoms with E-state index in [1.165, 1.54) is 89.0 Å². The van der Waals surface area contributed by atoms with Crippen molar-refractivity contribution in [1.82, 2.24) is 19.9 Å².